The van der Waals surface area contributed by atoms with Crippen molar-refractivity contribution in [2.75, 3.05) is 26.7 Å². The van der Waals surface area contributed by atoms with Crippen molar-refractivity contribution in [1.82, 2.24) is 10.2 Å². The van der Waals surface area contributed by atoms with Crippen molar-refractivity contribution in [2.45, 2.75) is 44.9 Å². The average Bonchev–Trinajstić information content (AvgIpc) is 3.24. The molecule has 3 aliphatic rings. The second kappa shape index (κ2) is 7.11. The van der Waals surface area contributed by atoms with Crippen LogP contribution in [0.15, 0.2) is 30.3 Å². The van der Waals surface area contributed by atoms with E-state index in [0.717, 1.165) is 44.8 Å². The van der Waals surface area contributed by atoms with Gasteiger partial charge in [0.1, 0.15) is 0 Å². The fourth-order valence-corrected chi connectivity index (χ4v) is 5.98. The number of carbonyl (C=O) groups is 1. The monoisotopic (exact) mass is 340 g/mol. The molecule has 0 spiro atoms. The number of fused-ring (bicyclic) bond motifs is 2. The van der Waals surface area contributed by atoms with Crippen LogP contribution in [0.5, 0.6) is 0 Å². The number of carbonyl (C=O) groups excluding carboxylic acids is 1. The third-order valence-corrected chi connectivity index (χ3v) is 7.06. The van der Waals surface area contributed by atoms with Crippen molar-refractivity contribution in [3.63, 3.8) is 0 Å². The van der Waals surface area contributed by atoms with E-state index >= 15 is 0 Å². The van der Waals surface area contributed by atoms with Crippen molar-refractivity contribution in [3.05, 3.63) is 35.9 Å². The van der Waals surface area contributed by atoms with Gasteiger partial charge in [0.25, 0.3) is 0 Å². The first-order valence-electron chi connectivity index (χ1n) is 10.2. The van der Waals surface area contributed by atoms with Gasteiger partial charge in [-0.1, -0.05) is 36.8 Å². The van der Waals surface area contributed by atoms with Gasteiger partial charge < -0.3 is 10.2 Å². The van der Waals surface area contributed by atoms with Gasteiger partial charge in [-0.2, -0.15) is 0 Å². The first kappa shape index (κ1) is 17.1. The van der Waals surface area contributed by atoms with Gasteiger partial charge in [0, 0.05) is 13.1 Å². The highest BCUT2D eigenvalue weighted by Crippen LogP contribution is 2.58. The van der Waals surface area contributed by atoms with Crippen LogP contribution < -0.4 is 5.32 Å². The zero-order valence-electron chi connectivity index (χ0n) is 15.5. The summed E-state index contributed by atoms with van der Waals surface area (Å²) in [6.45, 7) is 2.95. The van der Waals surface area contributed by atoms with Crippen LogP contribution in [0.1, 0.15) is 44.1 Å². The molecule has 136 valence electrons. The highest BCUT2D eigenvalue weighted by molar-refractivity contribution is 5.84. The molecule has 1 N–H and O–H groups in total. The second-order valence-electron chi connectivity index (χ2n) is 8.72. The smallest absolute Gasteiger partial charge is 0.229 e. The Morgan fingerprint density at radius 3 is 2.76 bits per heavy atom. The predicted octanol–water partition coefficient (Wildman–Crippen LogP) is 3.49. The van der Waals surface area contributed by atoms with E-state index in [2.05, 4.69) is 40.5 Å². The maximum Gasteiger partial charge on any atom is 0.229 e. The summed E-state index contributed by atoms with van der Waals surface area (Å²) >= 11 is 0. The fourth-order valence-electron chi connectivity index (χ4n) is 5.98. The Kier molecular flexibility index (Phi) is 4.86. The molecule has 0 aromatic heterocycles. The molecule has 3 heteroatoms. The number of hydrogen-bond acceptors (Lipinski definition) is 2. The molecule has 1 aromatic carbocycles. The summed E-state index contributed by atoms with van der Waals surface area (Å²) in [4.78, 5) is 16.0. The van der Waals surface area contributed by atoms with Gasteiger partial charge in [0.2, 0.25) is 5.91 Å². The molecule has 1 heterocycles. The Bertz CT molecular complexity index is 599. The number of likely N-dealkylation sites (tertiary alicyclic amines) is 1. The van der Waals surface area contributed by atoms with Crippen LogP contribution in [0, 0.1) is 23.2 Å². The molecule has 25 heavy (non-hydrogen) atoms. The summed E-state index contributed by atoms with van der Waals surface area (Å²) in [6.07, 6.45) is 8.37. The Balaban J connectivity index is 1.57. The highest BCUT2D eigenvalue weighted by atomic mass is 16.2. The van der Waals surface area contributed by atoms with E-state index in [4.69, 9.17) is 0 Å². The normalized spacial score (nSPS) is 34.4. The predicted molar refractivity (Wildman–Crippen MR) is 101 cm³/mol. The van der Waals surface area contributed by atoms with E-state index in [1.165, 1.54) is 31.2 Å². The van der Waals surface area contributed by atoms with E-state index in [9.17, 15) is 4.79 Å². The molecule has 4 unspecified atom stereocenters. The molecule has 2 saturated carbocycles. The quantitative estimate of drug-likeness (QED) is 0.890. The Hall–Kier alpha value is -1.35. The minimum absolute atomic E-state index is 0.119. The van der Waals surface area contributed by atoms with Crippen molar-refractivity contribution in [1.29, 1.82) is 0 Å². The van der Waals surface area contributed by atoms with Crippen molar-refractivity contribution >= 4 is 5.91 Å². The van der Waals surface area contributed by atoms with E-state index in [1.807, 2.05) is 7.05 Å². The molecule has 3 nitrogen and oxygen atoms in total. The molecule has 3 fully saturated rings. The molecule has 4 atom stereocenters. The fraction of sp³-hybridized carbons (Fsp3) is 0.682. The highest BCUT2D eigenvalue weighted by Gasteiger charge is 2.56. The molecule has 4 rings (SSSR count). The topological polar surface area (TPSA) is 32.3 Å². The molecular weight excluding hydrogens is 308 g/mol. The summed E-state index contributed by atoms with van der Waals surface area (Å²) in [6, 6.07) is 10.7. The second-order valence-corrected chi connectivity index (χ2v) is 8.72. The summed E-state index contributed by atoms with van der Waals surface area (Å²) in [5, 5.41) is 3.30. The van der Waals surface area contributed by atoms with Gasteiger partial charge in [-0.15, -0.1) is 0 Å². The molecule has 0 radical (unpaired) electrons. The maximum absolute atomic E-state index is 13.8. The van der Waals surface area contributed by atoms with Crippen LogP contribution in [-0.4, -0.2) is 37.5 Å². The zero-order chi connectivity index (χ0) is 17.3. The van der Waals surface area contributed by atoms with Crippen LogP contribution in [0.2, 0.25) is 0 Å². The largest absolute Gasteiger partial charge is 0.342 e. The lowest BCUT2D eigenvalue weighted by atomic mass is 9.68. The summed E-state index contributed by atoms with van der Waals surface area (Å²) in [5.74, 6) is 2.49. The molecule has 1 amide bonds. The van der Waals surface area contributed by atoms with E-state index in [-0.39, 0.29) is 5.41 Å². The number of benzene rings is 1. The minimum Gasteiger partial charge on any atom is -0.342 e. The molecular formula is C22H32N2O. The number of amides is 1. The van der Waals surface area contributed by atoms with Gasteiger partial charge in [0.05, 0.1) is 5.41 Å². The Morgan fingerprint density at radius 2 is 2.08 bits per heavy atom. The third-order valence-electron chi connectivity index (χ3n) is 7.06. The summed E-state index contributed by atoms with van der Waals surface area (Å²) in [5.41, 5.74) is 1.22. The lowest BCUT2D eigenvalue weighted by molar-refractivity contribution is -0.147. The summed E-state index contributed by atoms with van der Waals surface area (Å²) < 4.78 is 0. The molecule has 1 saturated heterocycles. The standard InChI is InChI=1S/C22H32N2O/c1-23-15-19-8-5-11-24(16-19)21(25)22(13-17-6-3-2-4-7-17)14-18-9-10-20(22)12-18/h2-4,6-7,18-20,23H,5,8-16H2,1H3. The van der Waals surface area contributed by atoms with Crippen LogP contribution in [0.4, 0.5) is 0 Å². The van der Waals surface area contributed by atoms with Crippen LogP contribution in [-0.2, 0) is 11.2 Å². The number of piperidine rings is 1. The number of nitrogens with one attached hydrogen (secondary N) is 1. The lowest BCUT2D eigenvalue weighted by Crippen LogP contribution is -2.52. The molecule has 1 aromatic rings. The van der Waals surface area contributed by atoms with Crippen LogP contribution >= 0.6 is 0 Å². The van der Waals surface area contributed by atoms with Gasteiger partial charge >= 0.3 is 0 Å². The average molecular weight is 341 g/mol. The minimum atomic E-state index is -0.119. The third kappa shape index (κ3) is 3.23. The van der Waals surface area contributed by atoms with E-state index in [1.54, 1.807) is 0 Å². The lowest BCUT2D eigenvalue weighted by Gasteiger charge is -2.43. The molecule has 1 aliphatic heterocycles. The molecule has 2 aliphatic carbocycles. The SMILES string of the molecule is CNCC1CCCN(C(=O)C2(Cc3ccccc3)CC3CCC2C3)C1. The van der Waals surface area contributed by atoms with Crippen molar-refractivity contribution in [2.24, 2.45) is 23.2 Å². The number of nitrogens with zero attached hydrogens (tertiary/aromatic N) is 1. The van der Waals surface area contributed by atoms with Gasteiger partial charge in [0.15, 0.2) is 0 Å². The first-order valence-corrected chi connectivity index (χ1v) is 10.2. The molecule has 2 bridgehead atoms. The Morgan fingerprint density at radius 1 is 1.24 bits per heavy atom. The zero-order valence-corrected chi connectivity index (χ0v) is 15.5. The first-order chi connectivity index (χ1) is 12.2. The van der Waals surface area contributed by atoms with Crippen molar-refractivity contribution < 1.29 is 4.79 Å². The maximum atomic E-state index is 13.8. The van der Waals surface area contributed by atoms with Gasteiger partial charge in [-0.3, -0.25) is 4.79 Å². The van der Waals surface area contributed by atoms with Gasteiger partial charge in [-0.25, -0.2) is 0 Å². The summed E-state index contributed by atoms with van der Waals surface area (Å²) in [7, 11) is 2.02. The van der Waals surface area contributed by atoms with E-state index < -0.39 is 0 Å². The van der Waals surface area contributed by atoms with Gasteiger partial charge in [-0.05, 0) is 75.4 Å². The van der Waals surface area contributed by atoms with Crippen LogP contribution in [0.25, 0.3) is 0 Å². The van der Waals surface area contributed by atoms with E-state index in [0.29, 0.717) is 17.7 Å². The number of hydrogen-bond donors (Lipinski definition) is 1. The van der Waals surface area contributed by atoms with Crippen molar-refractivity contribution in [3.8, 4) is 0 Å². The Labute approximate surface area is 152 Å². The van der Waals surface area contributed by atoms with Crippen LogP contribution in [0.3, 0.4) is 0 Å². The number of rotatable bonds is 5.